The Bertz CT molecular complexity index is 485. The van der Waals surface area contributed by atoms with Crippen LogP contribution in [0.15, 0.2) is 18.2 Å². The van der Waals surface area contributed by atoms with Crippen molar-refractivity contribution in [2.45, 2.75) is 32.4 Å². The Labute approximate surface area is 118 Å². The lowest BCUT2D eigenvalue weighted by Crippen LogP contribution is -2.42. The molecule has 1 atom stereocenters. The first kappa shape index (κ1) is 14.9. The van der Waals surface area contributed by atoms with E-state index in [1.54, 1.807) is 12.1 Å². The third-order valence-electron chi connectivity index (χ3n) is 4.08. The van der Waals surface area contributed by atoms with Gasteiger partial charge in [0.15, 0.2) is 0 Å². The number of aryl methyl sites for hydroxylation is 1. The van der Waals surface area contributed by atoms with Gasteiger partial charge < -0.3 is 10.8 Å². The fraction of sp³-hybridized carbons (Fsp3) is 0.533. The minimum Gasteiger partial charge on any atom is -0.383 e. The molecule has 20 heavy (non-hydrogen) atoms. The Kier molecular flexibility index (Phi) is 4.73. The number of amides is 1. The SMILES string of the molecule is Cc1ccc(F)cc1CN1CCC([C@H](O)C(N)=O)CC1. The van der Waals surface area contributed by atoms with E-state index in [1.807, 2.05) is 6.92 Å². The summed E-state index contributed by atoms with van der Waals surface area (Å²) in [5.41, 5.74) is 7.18. The van der Waals surface area contributed by atoms with Gasteiger partial charge in [0.1, 0.15) is 11.9 Å². The molecule has 0 aliphatic carbocycles. The summed E-state index contributed by atoms with van der Waals surface area (Å²) in [5, 5.41) is 9.67. The lowest BCUT2D eigenvalue weighted by Gasteiger charge is -2.33. The number of rotatable bonds is 4. The molecule has 0 spiro atoms. The highest BCUT2D eigenvalue weighted by Crippen LogP contribution is 2.23. The number of aliphatic hydroxyl groups excluding tert-OH is 1. The van der Waals surface area contributed by atoms with Crippen molar-refractivity contribution in [3.8, 4) is 0 Å². The number of primary amides is 1. The Morgan fingerprint density at radius 3 is 2.75 bits per heavy atom. The number of hydrogen-bond donors (Lipinski definition) is 2. The molecule has 4 nitrogen and oxygen atoms in total. The average Bonchev–Trinajstić information content (AvgIpc) is 2.43. The predicted octanol–water partition coefficient (Wildman–Crippen LogP) is 1.19. The van der Waals surface area contributed by atoms with E-state index in [9.17, 15) is 14.3 Å². The van der Waals surface area contributed by atoms with E-state index in [0.717, 1.165) is 37.1 Å². The molecule has 1 aromatic carbocycles. The lowest BCUT2D eigenvalue weighted by atomic mass is 9.90. The molecular weight excluding hydrogens is 259 g/mol. The van der Waals surface area contributed by atoms with Crippen LogP contribution in [0.25, 0.3) is 0 Å². The first-order chi connectivity index (χ1) is 9.47. The summed E-state index contributed by atoms with van der Waals surface area (Å²) in [6.45, 7) is 4.23. The Balaban J connectivity index is 1.91. The van der Waals surface area contributed by atoms with E-state index in [-0.39, 0.29) is 11.7 Å². The van der Waals surface area contributed by atoms with Crippen LogP contribution in [0.1, 0.15) is 24.0 Å². The second-order valence-electron chi connectivity index (χ2n) is 5.53. The summed E-state index contributed by atoms with van der Waals surface area (Å²) < 4.78 is 13.3. The van der Waals surface area contributed by atoms with Crippen molar-refractivity contribution < 1.29 is 14.3 Å². The van der Waals surface area contributed by atoms with E-state index < -0.39 is 12.0 Å². The fourth-order valence-corrected chi connectivity index (χ4v) is 2.71. The number of aliphatic hydroxyl groups is 1. The lowest BCUT2D eigenvalue weighted by molar-refractivity contribution is -0.129. The van der Waals surface area contributed by atoms with Crippen LogP contribution < -0.4 is 5.73 Å². The van der Waals surface area contributed by atoms with Gasteiger partial charge in [-0.1, -0.05) is 6.07 Å². The van der Waals surface area contributed by atoms with E-state index in [1.165, 1.54) is 6.07 Å². The topological polar surface area (TPSA) is 66.6 Å². The van der Waals surface area contributed by atoms with Crippen LogP contribution in [0, 0.1) is 18.7 Å². The number of benzene rings is 1. The van der Waals surface area contributed by atoms with Crippen LogP contribution >= 0.6 is 0 Å². The number of piperidine rings is 1. The Morgan fingerprint density at radius 2 is 2.15 bits per heavy atom. The van der Waals surface area contributed by atoms with Gasteiger partial charge in [-0.3, -0.25) is 9.69 Å². The van der Waals surface area contributed by atoms with Crippen LogP contribution in [0.3, 0.4) is 0 Å². The average molecular weight is 280 g/mol. The van der Waals surface area contributed by atoms with Crippen molar-refractivity contribution in [1.29, 1.82) is 0 Å². The summed E-state index contributed by atoms with van der Waals surface area (Å²) in [6.07, 6.45) is 0.421. The fourth-order valence-electron chi connectivity index (χ4n) is 2.71. The maximum atomic E-state index is 13.3. The number of carbonyl (C=O) groups is 1. The van der Waals surface area contributed by atoms with Crippen LogP contribution in [0.2, 0.25) is 0 Å². The van der Waals surface area contributed by atoms with E-state index in [0.29, 0.717) is 6.54 Å². The van der Waals surface area contributed by atoms with Gasteiger partial charge in [-0.15, -0.1) is 0 Å². The van der Waals surface area contributed by atoms with Crippen molar-refractivity contribution in [1.82, 2.24) is 4.90 Å². The van der Waals surface area contributed by atoms with Gasteiger partial charge >= 0.3 is 0 Å². The van der Waals surface area contributed by atoms with E-state index in [4.69, 9.17) is 5.73 Å². The quantitative estimate of drug-likeness (QED) is 0.870. The molecule has 0 saturated carbocycles. The second-order valence-corrected chi connectivity index (χ2v) is 5.53. The zero-order chi connectivity index (χ0) is 14.7. The van der Waals surface area contributed by atoms with Gasteiger partial charge in [-0.25, -0.2) is 4.39 Å². The molecule has 1 amide bonds. The number of halogens is 1. The highest BCUT2D eigenvalue weighted by molar-refractivity contribution is 5.78. The Hall–Kier alpha value is -1.46. The summed E-state index contributed by atoms with van der Waals surface area (Å²) in [5.74, 6) is -0.925. The maximum Gasteiger partial charge on any atom is 0.246 e. The Morgan fingerprint density at radius 1 is 1.50 bits per heavy atom. The number of nitrogens with zero attached hydrogens (tertiary/aromatic N) is 1. The summed E-state index contributed by atoms with van der Waals surface area (Å²) in [6, 6.07) is 4.82. The largest absolute Gasteiger partial charge is 0.383 e. The molecule has 0 radical (unpaired) electrons. The molecule has 3 N–H and O–H groups in total. The van der Waals surface area contributed by atoms with Gasteiger partial charge in [0.05, 0.1) is 0 Å². The van der Waals surface area contributed by atoms with E-state index in [2.05, 4.69) is 4.90 Å². The van der Waals surface area contributed by atoms with Crippen molar-refractivity contribution in [2.75, 3.05) is 13.1 Å². The molecule has 2 rings (SSSR count). The normalized spacial score (nSPS) is 18.9. The maximum absolute atomic E-state index is 13.3. The van der Waals surface area contributed by atoms with Crippen LogP contribution in [0.5, 0.6) is 0 Å². The minimum atomic E-state index is -1.05. The zero-order valence-corrected chi connectivity index (χ0v) is 11.7. The highest BCUT2D eigenvalue weighted by Gasteiger charge is 2.28. The highest BCUT2D eigenvalue weighted by atomic mass is 19.1. The zero-order valence-electron chi connectivity index (χ0n) is 11.7. The molecule has 0 bridgehead atoms. The molecule has 1 aliphatic heterocycles. The van der Waals surface area contributed by atoms with Crippen LogP contribution in [-0.4, -0.2) is 35.1 Å². The minimum absolute atomic E-state index is 0.0580. The van der Waals surface area contributed by atoms with E-state index >= 15 is 0 Å². The molecule has 1 aromatic rings. The third-order valence-corrected chi connectivity index (χ3v) is 4.08. The predicted molar refractivity (Wildman–Crippen MR) is 74.3 cm³/mol. The number of nitrogens with two attached hydrogens (primary N) is 1. The second kappa shape index (κ2) is 6.33. The third kappa shape index (κ3) is 3.55. The molecular formula is C15H21FN2O2. The van der Waals surface area contributed by atoms with Crippen molar-refractivity contribution in [2.24, 2.45) is 11.7 Å². The number of hydrogen-bond acceptors (Lipinski definition) is 3. The van der Waals surface area contributed by atoms with Crippen molar-refractivity contribution in [3.05, 3.63) is 35.1 Å². The molecule has 0 unspecified atom stereocenters. The van der Waals surface area contributed by atoms with Crippen LogP contribution in [-0.2, 0) is 11.3 Å². The summed E-state index contributed by atoms with van der Waals surface area (Å²) in [7, 11) is 0. The molecule has 1 aliphatic rings. The number of carbonyl (C=O) groups excluding carboxylic acids is 1. The standard InChI is InChI=1S/C15H21FN2O2/c1-10-2-3-13(16)8-12(10)9-18-6-4-11(5-7-18)14(19)15(17)20/h2-3,8,11,14,19H,4-7,9H2,1H3,(H2,17,20)/t14-/m0/s1. The van der Waals surface area contributed by atoms with Gasteiger partial charge in [0, 0.05) is 6.54 Å². The summed E-state index contributed by atoms with van der Waals surface area (Å²) >= 11 is 0. The molecule has 5 heteroatoms. The number of likely N-dealkylation sites (tertiary alicyclic amines) is 1. The van der Waals surface area contributed by atoms with Crippen LogP contribution in [0.4, 0.5) is 4.39 Å². The monoisotopic (exact) mass is 280 g/mol. The smallest absolute Gasteiger partial charge is 0.246 e. The molecule has 1 heterocycles. The van der Waals surface area contributed by atoms with Gasteiger partial charge in [0.2, 0.25) is 5.91 Å². The van der Waals surface area contributed by atoms with Crippen molar-refractivity contribution in [3.63, 3.8) is 0 Å². The van der Waals surface area contributed by atoms with Gasteiger partial charge in [0.25, 0.3) is 0 Å². The summed E-state index contributed by atoms with van der Waals surface area (Å²) in [4.78, 5) is 13.2. The first-order valence-corrected chi connectivity index (χ1v) is 6.92. The molecule has 0 aromatic heterocycles. The van der Waals surface area contributed by atoms with Gasteiger partial charge in [-0.2, -0.15) is 0 Å². The van der Waals surface area contributed by atoms with Gasteiger partial charge in [-0.05, 0) is 62.0 Å². The molecule has 110 valence electrons. The molecule has 1 saturated heterocycles. The molecule has 1 fully saturated rings. The first-order valence-electron chi connectivity index (χ1n) is 6.92. The van der Waals surface area contributed by atoms with Crippen molar-refractivity contribution >= 4 is 5.91 Å².